The van der Waals surface area contributed by atoms with E-state index < -0.39 is 0 Å². The molecule has 0 fully saturated rings. The maximum absolute atomic E-state index is 4.38. The van der Waals surface area contributed by atoms with Crippen molar-refractivity contribution in [3.05, 3.63) is 48.0 Å². The van der Waals surface area contributed by atoms with Crippen LogP contribution in [0.3, 0.4) is 0 Å². The highest BCUT2D eigenvalue weighted by Crippen LogP contribution is 2.13. The van der Waals surface area contributed by atoms with Crippen LogP contribution in [-0.2, 0) is 18.6 Å². The van der Waals surface area contributed by atoms with E-state index in [2.05, 4.69) is 48.4 Å². The van der Waals surface area contributed by atoms with Gasteiger partial charge in [0.1, 0.15) is 0 Å². The van der Waals surface area contributed by atoms with Crippen molar-refractivity contribution in [1.29, 1.82) is 0 Å². The lowest BCUT2D eigenvalue weighted by Gasteiger charge is -2.18. The van der Waals surface area contributed by atoms with Crippen LogP contribution in [0.15, 0.2) is 36.9 Å². The Morgan fingerprint density at radius 1 is 1.17 bits per heavy atom. The van der Waals surface area contributed by atoms with Crippen molar-refractivity contribution in [2.24, 2.45) is 0 Å². The molecule has 1 N–H and O–H groups in total. The number of hydrogen-bond acceptors (Lipinski definition) is 3. The fourth-order valence-corrected chi connectivity index (χ4v) is 1.67. The van der Waals surface area contributed by atoms with Gasteiger partial charge in [0.05, 0.1) is 11.7 Å². The number of rotatable bonds is 4. The lowest BCUT2D eigenvalue weighted by Crippen LogP contribution is -2.22. The van der Waals surface area contributed by atoms with E-state index in [0.29, 0.717) is 0 Å². The Hall–Kier alpha value is -1.68. The van der Waals surface area contributed by atoms with Gasteiger partial charge in [-0.25, -0.2) is 0 Å². The zero-order valence-electron chi connectivity index (χ0n) is 11.2. The normalized spacial score (nSPS) is 11.7. The van der Waals surface area contributed by atoms with E-state index in [1.807, 2.05) is 23.1 Å². The van der Waals surface area contributed by atoms with Crippen LogP contribution in [0.1, 0.15) is 31.9 Å². The number of nitrogens with one attached hydrogen (secondary N) is 1. The maximum atomic E-state index is 4.38. The van der Waals surface area contributed by atoms with Gasteiger partial charge in [-0.1, -0.05) is 6.07 Å². The summed E-state index contributed by atoms with van der Waals surface area (Å²) in [6.07, 6.45) is 7.68. The molecule has 96 valence electrons. The van der Waals surface area contributed by atoms with Crippen molar-refractivity contribution in [2.45, 2.75) is 39.4 Å². The molecule has 2 rings (SSSR count). The van der Waals surface area contributed by atoms with Crippen LogP contribution in [0.2, 0.25) is 0 Å². The van der Waals surface area contributed by atoms with E-state index in [9.17, 15) is 0 Å². The number of aromatic nitrogens is 3. The van der Waals surface area contributed by atoms with Gasteiger partial charge in [0, 0.05) is 37.2 Å². The second-order valence-corrected chi connectivity index (χ2v) is 5.43. The van der Waals surface area contributed by atoms with E-state index in [0.717, 1.165) is 13.1 Å². The largest absolute Gasteiger partial charge is 0.308 e. The van der Waals surface area contributed by atoms with E-state index in [-0.39, 0.29) is 5.54 Å². The lowest BCUT2D eigenvalue weighted by atomic mass is 10.1. The van der Waals surface area contributed by atoms with Gasteiger partial charge < -0.3 is 5.32 Å². The molecule has 2 aromatic rings. The highest BCUT2D eigenvalue weighted by Gasteiger charge is 2.13. The summed E-state index contributed by atoms with van der Waals surface area (Å²) in [7, 11) is 0. The zero-order chi connectivity index (χ0) is 13.0. The molecular formula is C14H20N4. The summed E-state index contributed by atoms with van der Waals surface area (Å²) in [5.74, 6) is 0. The first kappa shape index (κ1) is 12.8. The van der Waals surface area contributed by atoms with Gasteiger partial charge >= 0.3 is 0 Å². The predicted molar refractivity (Wildman–Crippen MR) is 72.0 cm³/mol. The Balaban J connectivity index is 1.86. The molecule has 2 aromatic heterocycles. The topological polar surface area (TPSA) is 42.7 Å². The van der Waals surface area contributed by atoms with E-state index in [1.54, 1.807) is 6.20 Å². The molecule has 0 aliphatic rings. The van der Waals surface area contributed by atoms with Gasteiger partial charge in [-0.2, -0.15) is 5.10 Å². The molecule has 0 atom stereocenters. The molecule has 4 nitrogen and oxygen atoms in total. The third-order valence-corrected chi connectivity index (χ3v) is 2.70. The minimum Gasteiger partial charge on any atom is -0.308 e. The van der Waals surface area contributed by atoms with Gasteiger partial charge in [-0.3, -0.25) is 9.67 Å². The Bertz CT molecular complexity index is 482. The summed E-state index contributed by atoms with van der Waals surface area (Å²) in [5.41, 5.74) is 2.44. The monoisotopic (exact) mass is 244 g/mol. The molecule has 0 radical (unpaired) electrons. The molecule has 0 unspecified atom stereocenters. The van der Waals surface area contributed by atoms with Crippen molar-refractivity contribution in [2.75, 3.05) is 0 Å². The van der Waals surface area contributed by atoms with Gasteiger partial charge in [-0.15, -0.1) is 0 Å². The maximum Gasteiger partial charge on any atom is 0.0543 e. The summed E-state index contributed by atoms with van der Waals surface area (Å²) in [5, 5.41) is 7.77. The van der Waals surface area contributed by atoms with Gasteiger partial charge in [-0.05, 0) is 32.4 Å². The molecule has 0 saturated carbocycles. The first-order valence-electron chi connectivity index (χ1n) is 6.19. The molecule has 0 spiro atoms. The Morgan fingerprint density at radius 2 is 1.94 bits per heavy atom. The van der Waals surface area contributed by atoms with Crippen molar-refractivity contribution in [3.63, 3.8) is 0 Å². The summed E-state index contributed by atoms with van der Waals surface area (Å²) in [6, 6.07) is 4.02. The SMILES string of the molecule is CC(C)(C)n1cc(CNCc2cccnc2)cn1. The molecule has 0 saturated heterocycles. The third-order valence-electron chi connectivity index (χ3n) is 2.70. The van der Waals surface area contributed by atoms with Crippen LogP contribution < -0.4 is 5.32 Å². The number of nitrogens with zero attached hydrogens (tertiary/aromatic N) is 3. The second kappa shape index (κ2) is 5.31. The van der Waals surface area contributed by atoms with Crippen molar-refractivity contribution < 1.29 is 0 Å². The molecule has 0 aliphatic heterocycles. The zero-order valence-corrected chi connectivity index (χ0v) is 11.2. The van der Waals surface area contributed by atoms with Crippen LogP contribution in [0.4, 0.5) is 0 Å². The molecule has 0 aliphatic carbocycles. The Labute approximate surface area is 108 Å². The third kappa shape index (κ3) is 3.40. The lowest BCUT2D eigenvalue weighted by molar-refractivity contribution is 0.355. The fraction of sp³-hybridized carbons (Fsp3) is 0.429. The van der Waals surface area contributed by atoms with E-state index >= 15 is 0 Å². The average Bonchev–Trinajstić information content (AvgIpc) is 2.79. The molecule has 0 aromatic carbocycles. The van der Waals surface area contributed by atoms with Crippen molar-refractivity contribution in [1.82, 2.24) is 20.1 Å². The van der Waals surface area contributed by atoms with Crippen LogP contribution in [0.25, 0.3) is 0 Å². The van der Waals surface area contributed by atoms with Crippen molar-refractivity contribution in [3.8, 4) is 0 Å². The Morgan fingerprint density at radius 3 is 2.56 bits per heavy atom. The van der Waals surface area contributed by atoms with Crippen LogP contribution in [0.5, 0.6) is 0 Å². The molecule has 0 amide bonds. The summed E-state index contributed by atoms with van der Waals surface area (Å²) < 4.78 is 1.99. The first-order valence-corrected chi connectivity index (χ1v) is 6.19. The van der Waals surface area contributed by atoms with Crippen LogP contribution >= 0.6 is 0 Å². The van der Waals surface area contributed by atoms with Gasteiger partial charge in [0.2, 0.25) is 0 Å². The summed E-state index contributed by atoms with van der Waals surface area (Å²) >= 11 is 0. The smallest absolute Gasteiger partial charge is 0.0543 e. The van der Waals surface area contributed by atoms with Crippen molar-refractivity contribution >= 4 is 0 Å². The fourth-order valence-electron chi connectivity index (χ4n) is 1.67. The molecule has 2 heterocycles. The number of hydrogen-bond donors (Lipinski definition) is 1. The molecule has 18 heavy (non-hydrogen) atoms. The molecule has 0 bridgehead atoms. The standard InChI is InChI=1S/C14H20N4/c1-14(2,3)18-11-13(10-17-18)9-16-8-12-5-4-6-15-7-12/h4-7,10-11,16H,8-9H2,1-3H3. The minimum absolute atomic E-state index is 0.0433. The van der Waals surface area contributed by atoms with Gasteiger partial charge in [0.25, 0.3) is 0 Å². The van der Waals surface area contributed by atoms with E-state index in [1.165, 1.54) is 11.1 Å². The first-order chi connectivity index (χ1) is 8.55. The predicted octanol–water partition coefficient (Wildman–Crippen LogP) is 2.32. The summed E-state index contributed by atoms with van der Waals surface area (Å²) in [6.45, 7) is 8.09. The Kier molecular flexibility index (Phi) is 3.77. The molecular weight excluding hydrogens is 224 g/mol. The number of pyridine rings is 1. The molecule has 4 heteroatoms. The average molecular weight is 244 g/mol. The van der Waals surface area contributed by atoms with Crippen LogP contribution in [0, 0.1) is 0 Å². The minimum atomic E-state index is 0.0433. The summed E-state index contributed by atoms with van der Waals surface area (Å²) in [4.78, 5) is 4.09. The second-order valence-electron chi connectivity index (χ2n) is 5.43. The highest BCUT2D eigenvalue weighted by atomic mass is 15.3. The quantitative estimate of drug-likeness (QED) is 0.897. The van der Waals surface area contributed by atoms with Gasteiger partial charge in [0.15, 0.2) is 0 Å². The van der Waals surface area contributed by atoms with Crippen LogP contribution in [-0.4, -0.2) is 14.8 Å². The van der Waals surface area contributed by atoms with E-state index in [4.69, 9.17) is 0 Å². The highest BCUT2D eigenvalue weighted by molar-refractivity contribution is 5.09.